The van der Waals surface area contributed by atoms with E-state index in [0.717, 1.165) is 16.8 Å². The largest absolute Gasteiger partial charge is 0.466 e. The first kappa shape index (κ1) is 11.0. The van der Waals surface area contributed by atoms with Gasteiger partial charge in [0, 0.05) is 5.56 Å². The van der Waals surface area contributed by atoms with Gasteiger partial charge in [0.25, 0.3) is 0 Å². The minimum atomic E-state index is -0.855. The van der Waals surface area contributed by atoms with Gasteiger partial charge in [0.05, 0.1) is 18.4 Å². The number of carbonyl (C=O) groups is 1. The van der Waals surface area contributed by atoms with Gasteiger partial charge in [-0.25, -0.2) is 0 Å². The topological polar surface area (TPSA) is 62.5 Å². The Labute approximate surface area is 104 Å². The van der Waals surface area contributed by atoms with Crippen molar-refractivity contribution in [3.63, 3.8) is 0 Å². The highest BCUT2D eigenvalue weighted by Crippen LogP contribution is 2.35. The zero-order valence-electron chi connectivity index (χ0n) is 9.93. The summed E-state index contributed by atoms with van der Waals surface area (Å²) in [6, 6.07) is 7.28. The van der Waals surface area contributed by atoms with Crippen LogP contribution < -0.4 is 5.32 Å². The molecule has 3 rings (SSSR count). The van der Waals surface area contributed by atoms with Gasteiger partial charge in [-0.2, -0.15) is 0 Å². The fourth-order valence-electron chi connectivity index (χ4n) is 2.36. The Bertz CT molecular complexity index is 602. The minimum absolute atomic E-state index is 0.0384. The van der Waals surface area contributed by atoms with E-state index in [9.17, 15) is 9.90 Å². The average Bonchev–Trinajstić information content (AvgIpc) is 2.94. The second-order valence-corrected chi connectivity index (χ2v) is 4.53. The van der Waals surface area contributed by atoms with Gasteiger partial charge in [0.1, 0.15) is 11.9 Å². The second-order valence-electron chi connectivity index (χ2n) is 4.53. The van der Waals surface area contributed by atoms with Crippen LogP contribution in [0.3, 0.4) is 0 Å². The molecule has 1 aliphatic rings. The minimum Gasteiger partial charge on any atom is -0.466 e. The molecule has 18 heavy (non-hydrogen) atoms. The maximum Gasteiger partial charge on any atom is 0.228 e. The Morgan fingerprint density at radius 1 is 1.44 bits per heavy atom. The van der Waals surface area contributed by atoms with Gasteiger partial charge in [-0.3, -0.25) is 4.79 Å². The molecule has 0 radical (unpaired) electrons. The summed E-state index contributed by atoms with van der Waals surface area (Å²) in [4.78, 5) is 11.5. The number of nitrogens with one attached hydrogen (secondary N) is 1. The van der Waals surface area contributed by atoms with Crippen molar-refractivity contribution in [1.82, 2.24) is 0 Å². The zero-order valence-corrected chi connectivity index (χ0v) is 9.93. The molecule has 2 N–H and O–H groups in total. The average molecular weight is 243 g/mol. The standard InChI is InChI=1S/C14H13NO3/c1-8-5-9-7-12(16)15-13(9)10(6-8)14(17)11-3-2-4-18-11/h2-6,14,17H,7H2,1H3,(H,15,16). The molecule has 1 aliphatic heterocycles. The van der Waals surface area contributed by atoms with Gasteiger partial charge in [-0.05, 0) is 24.6 Å². The van der Waals surface area contributed by atoms with Crippen LogP contribution in [-0.4, -0.2) is 11.0 Å². The lowest BCUT2D eigenvalue weighted by molar-refractivity contribution is -0.115. The van der Waals surface area contributed by atoms with E-state index in [1.54, 1.807) is 12.1 Å². The molecule has 1 amide bonds. The zero-order chi connectivity index (χ0) is 12.7. The molecule has 0 spiro atoms. The van der Waals surface area contributed by atoms with Gasteiger partial charge in [0.15, 0.2) is 0 Å². The maximum atomic E-state index is 11.5. The van der Waals surface area contributed by atoms with Crippen LogP contribution >= 0.6 is 0 Å². The quantitative estimate of drug-likeness (QED) is 0.849. The molecule has 0 fully saturated rings. The summed E-state index contributed by atoms with van der Waals surface area (Å²) in [5.41, 5.74) is 3.35. The Morgan fingerprint density at radius 2 is 2.28 bits per heavy atom. The number of anilines is 1. The SMILES string of the molecule is Cc1cc2c(c(C(O)c3ccco3)c1)NC(=O)C2. The molecule has 2 aromatic rings. The number of amides is 1. The van der Waals surface area contributed by atoms with E-state index in [-0.39, 0.29) is 5.91 Å². The highest BCUT2D eigenvalue weighted by atomic mass is 16.4. The molecule has 1 atom stereocenters. The van der Waals surface area contributed by atoms with E-state index in [2.05, 4.69) is 5.32 Å². The van der Waals surface area contributed by atoms with Crippen molar-refractivity contribution < 1.29 is 14.3 Å². The van der Waals surface area contributed by atoms with E-state index in [1.807, 2.05) is 19.1 Å². The van der Waals surface area contributed by atoms with Gasteiger partial charge < -0.3 is 14.8 Å². The molecule has 0 bridgehead atoms. The normalized spacial score (nSPS) is 15.3. The van der Waals surface area contributed by atoms with Crippen molar-refractivity contribution in [2.75, 3.05) is 5.32 Å². The lowest BCUT2D eigenvalue weighted by atomic mass is 9.98. The number of aliphatic hydroxyl groups is 1. The van der Waals surface area contributed by atoms with Crippen molar-refractivity contribution in [3.8, 4) is 0 Å². The maximum absolute atomic E-state index is 11.5. The van der Waals surface area contributed by atoms with E-state index < -0.39 is 6.10 Å². The lowest BCUT2D eigenvalue weighted by Crippen LogP contribution is -2.07. The third-order valence-electron chi connectivity index (χ3n) is 3.12. The molecule has 2 heterocycles. The number of aryl methyl sites for hydroxylation is 1. The molecular weight excluding hydrogens is 230 g/mol. The molecule has 1 aromatic heterocycles. The fraction of sp³-hybridized carbons (Fsp3) is 0.214. The molecule has 4 nitrogen and oxygen atoms in total. The third-order valence-corrected chi connectivity index (χ3v) is 3.12. The van der Waals surface area contributed by atoms with Crippen molar-refractivity contribution in [1.29, 1.82) is 0 Å². The highest BCUT2D eigenvalue weighted by molar-refractivity contribution is 6.00. The molecule has 0 aliphatic carbocycles. The van der Waals surface area contributed by atoms with Crippen LogP contribution in [0.25, 0.3) is 0 Å². The number of fused-ring (bicyclic) bond motifs is 1. The molecule has 1 unspecified atom stereocenters. The van der Waals surface area contributed by atoms with E-state index in [4.69, 9.17) is 4.42 Å². The monoisotopic (exact) mass is 243 g/mol. The van der Waals surface area contributed by atoms with Crippen LogP contribution in [0.5, 0.6) is 0 Å². The Kier molecular flexibility index (Phi) is 2.45. The van der Waals surface area contributed by atoms with Crippen LogP contribution in [-0.2, 0) is 11.2 Å². The molecule has 0 saturated heterocycles. The summed E-state index contributed by atoms with van der Waals surface area (Å²) in [5.74, 6) is 0.437. The van der Waals surface area contributed by atoms with Crippen molar-refractivity contribution in [2.24, 2.45) is 0 Å². The molecule has 1 aromatic carbocycles. The predicted molar refractivity (Wildman–Crippen MR) is 66.3 cm³/mol. The smallest absolute Gasteiger partial charge is 0.228 e. The van der Waals surface area contributed by atoms with Gasteiger partial charge in [0.2, 0.25) is 5.91 Å². The van der Waals surface area contributed by atoms with Gasteiger partial charge in [-0.15, -0.1) is 0 Å². The fourth-order valence-corrected chi connectivity index (χ4v) is 2.36. The summed E-state index contributed by atoms with van der Waals surface area (Å²) in [6.45, 7) is 1.95. The summed E-state index contributed by atoms with van der Waals surface area (Å²) in [6.07, 6.45) is 1.04. The third kappa shape index (κ3) is 1.71. The van der Waals surface area contributed by atoms with Crippen molar-refractivity contribution in [2.45, 2.75) is 19.4 Å². The highest BCUT2D eigenvalue weighted by Gasteiger charge is 2.26. The van der Waals surface area contributed by atoms with Crippen molar-refractivity contribution >= 4 is 11.6 Å². The Balaban J connectivity index is 2.10. The first-order valence-corrected chi connectivity index (χ1v) is 5.80. The summed E-state index contributed by atoms with van der Waals surface area (Å²) in [7, 11) is 0. The van der Waals surface area contributed by atoms with Crippen LogP contribution in [0, 0.1) is 6.92 Å². The number of hydrogen-bond acceptors (Lipinski definition) is 3. The first-order chi connectivity index (χ1) is 8.65. The Hall–Kier alpha value is -2.07. The lowest BCUT2D eigenvalue weighted by Gasteiger charge is -2.14. The van der Waals surface area contributed by atoms with Crippen LogP contribution in [0.4, 0.5) is 5.69 Å². The second kappa shape index (κ2) is 3.99. The van der Waals surface area contributed by atoms with E-state index in [0.29, 0.717) is 17.7 Å². The number of hydrogen-bond donors (Lipinski definition) is 2. The number of benzene rings is 1. The molecular formula is C14H13NO3. The molecule has 4 heteroatoms. The van der Waals surface area contributed by atoms with Crippen molar-refractivity contribution in [3.05, 3.63) is 53.0 Å². The first-order valence-electron chi connectivity index (χ1n) is 5.80. The van der Waals surface area contributed by atoms with Gasteiger partial charge in [-0.1, -0.05) is 17.7 Å². The van der Waals surface area contributed by atoms with Crippen LogP contribution in [0.2, 0.25) is 0 Å². The summed E-state index contributed by atoms with van der Waals surface area (Å²) in [5, 5.41) is 13.1. The number of rotatable bonds is 2. The summed E-state index contributed by atoms with van der Waals surface area (Å²) < 4.78 is 5.21. The number of aliphatic hydroxyl groups excluding tert-OH is 1. The number of furan rings is 1. The van der Waals surface area contributed by atoms with E-state index >= 15 is 0 Å². The van der Waals surface area contributed by atoms with E-state index in [1.165, 1.54) is 6.26 Å². The molecule has 92 valence electrons. The van der Waals surface area contributed by atoms with Gasteiger partial charge >= 0.3 is 0 Å². The summed E-state index contributed by atoms with van der Waals surface area (Å²) >= 11 is 0. The predicted octanol–water partition coefficient (Wildman–Crippen LogP) is 2.16. The molecule has 0 saturated carbocycles. The van der Waals surface area contributed by atoms with Crippen LogP contribution in [0.1, 0.15) is 28.6 Å². The number of carbonyl (C=O) groups excluding carboxylic acids is 1. The Morgan fingerprint density at radius 3 is 3.00 bits per heavy atom. The van der Waals surface area contributed by atoms with Crippen LogP contribution in [0.15, 0.2) is 34.9 Å².